The lowest BCUT2D eigenvalue weighted by atomic mass is 9.73. The molecule has 1 rings (SSSR count). The molecule has 0 amide bonds. The van der Waals surface area contributed by atoms with Crippen molar-refractivity contribution in [1.82, 2.24) is 0 Å². The maximum Gasteiger partial charge on any atom is -0.0200 e. The van der Waals surface area contributed by atoms with Crippen LogP contribution in [-0.4, -0.2) is 0 Å². The van der Waals surface area contributed by atoms with E-state index in [1.165, 1.54) is 122 Å². The Hall–Kier alpha value is -0.780. The van der Waals surface area contributed by atoms with Crippen molar-refractivity contribution in [2.45, 2.75) is 170 Å². The lowest BCUT2D eigenvalue weighted by molar-refractivity contribution is 0.278. The summed E-state index contributed by atoms with van der Waals surface area (Å²) in [6.45, 7) is 16.5. The fraction of sp³-hybridized carbons (Fsp3) is 0.833. The van der Waals surface area contributed by atoms with Crippen LogP contribution in [0, 0.1) is 23.7 Å². The van der Waals surface area contributed by atoms with Crippen molar-refractivity contribution in [3.8, 4) is 0 Å². The van der Waals surface area contributed by atoms with Gasteiger partial charge in [0, 0.05) is 0 Å². The normalized spacial score (nSPS) is 21.6. The average Bonchev–Trinajstić information content (AvgIpc) is 2.89. The summed E-state index contributed by atoms with van der Waals surface area (Å²) in [5, 5.41) is 0. The first-order valence-electron chi connectivity index (χ1n) is 16.5. The van der Waals surface area contributed by atoms with Crippen LogP contribution in [-0.2, 0) is 0 Å². The molecule has 2 atom stereocenters. The molecule has 0 aromatic rings. The highest BCUT2D eigenvalue weighted by atomic mass is 14.3. The van der Waals surface area contributed by atoms with Crippen molar-refractivity contribution in [2.75, 3.05) is 0 Å². The Labute approximate surface area is 228 Å². The van der Waals surface area contributed by atoms with E-state index in [0.29, 0.717) is 0 Å². The van der Waals surface area contributed by atoms with E-state index in [-0.39, 0.29) is 0 Å². The predicted molar refractivity (Wildman–Crippen MR) is 166 cm³/mol. The largest absolute Gasteiger partial charge is 0.0888 e. The van der Waals surface area contributed by atoms with Crippen molar-refractivity contribution < 1.29 is 0 Å². The summed E-state index contributed by atoms with van der Waals surface area (Å²) in [6.07, 6.45) is 33.3. The van der Waals surface area contributed by atoms with Gasteiger partial charge in [-0.05, 0) is 114 Å². The summed E-state index contributed by atoms with van der Waals surface area (Å²) in [7, 11) is 0. The minimum absolute atomic E-state index is 0.841. The highest BCUT2D eigenvalue weighted by Gasteiger charge is 2.25. The van der Waals surface area contributed by atoms with E-state index < -0.39 is 0 Å². The second kappa shape index (κ2) is 21.2. The molecule has 0 aliphatic heterocycles. The Morgan fingerprint density at radius 1 is 0.833 bits per heavy atom. The maximum atomic E-state index is 2.49. The molecule has 2 unspecified atom stereocenters. The minimum atomic E-state index is 0.841. The molecule has 1 fully saturated rings. The van der Waals surface area contributed by atoms with E-state index in [1.807, 2.05) is 11.1 Å². The van der Waals surface area contributed by atoms with Gasteiger partial charge in [-0.3, -0.25) is 0 Å². The lowest BCUT2D eigenvalue weighted by Crippen LogP contribution is -2.18. The summed E-state index contributed by atoms with van der Waals surface area (Å²) in [6, 6.07) is 0. The van der Waals surface area contributed by atoms with Crippen LogP contribution in [0.15, 0.2) is 34.9 Å². The highest BCUT2D eigenvalue weighted by molar-refractivity contribution is 5.19. The molecule has 0 aromatic carbocycles. The van der Waals surface area contributed by atoms with E-state index in [4.69, 9.17) is 0 Å². The number of hydrogen-bond donors (Lipinski definition) is 0. The fourth-order valence-electron chi connectivity index (χ4n) is 6.18. The first-order chi connectivity index (χ1) is 17.4. The molecule has 210 valence electrons. The van der Waals surface area contributed by atoms with Gasteiger partial charge >= 0.3 is 0 Å². The third kappa shape index (κ3) is 14.8. The van der Waals surface area contributed by atoms with E-state index in [1.54, 1.807) is 5.57 Å². The molecule has 0 nitrogen and oxygen atoms in total. The molecule has 0 heteroatoms. The van der Waals surface area contributed by atoms with Crippen molar-refractivity contribution in [2.24, 2.45) is 23.7 Å². The molecule has 0 radical (unpaired) electrons. The molecular weight excluding hydrogens is 432 g/mol. The van der Waals surface area contributed by atoms with E-state index in [0.717, 1.165) is 23.7 Å². The van der Waals surface area contributed by atoms with Gasteiger partial charge < -0.3 is 0 Å². The number of unbranched alkanes of at least 4 members (excludes halogenated alkanes) is 3. The Bertz CT molecular complexity index is 610. The summed E-state index contributed by atoms with van der Waals surface area (Å²) >= 11 is 0. The summed E-state index contributed by atoms with van der Waals surface area (Å²) in [4.78, 5) is 0. The Balaban J connectivity index is 2.64. The topological polar surface area (TPSA) is 0 Å². The van der Waals surface area contributed by atoms with Gasteiger partial charge in [-0.15, -0.1) is 0 Å². The van der Waals surface area contributed by atoms with Gasteiger partial charge in [0.15, 0.2) is 0 Å². The van der Waals surface area contributed by atoms with E-state index in [9.17, 15) is 0 Å². The second-order valence-corrected chi connectivity index (χ2v) is 12.5. The monoisotopic (exact) mass is 499 g/mol. The average molecular weight is 499 g/mol. The van der Waals surface area contributed by atoms with Crippen LogP contribution >= 0.6 is 0 Å². The molecule has 0 spiro atoms. The third-order valence-electron chi connectivity index (χ3n) is 9.09. The zero-order valence-corrected chi connectivity index (χ0v) is 26.0. The molecule has 36 heavy (non-hydrogen) atoms. The Kier molecular flexibility index (Phi) is 19.6. The van der Waals surface area contributed by atoms with E-state index >= 15 is 0 Å². The van der Waals surface area contributed by atoms with Gasteiger partial charge in [-0.25, -0.2) is 0 Å². The van der Waals surface area contributed by atoms with Crippen molar-refractivity contribution >= 4 is 0 Å². The Morgan fingerprint density at radius 2 is 1.58 bits per heavy atom. The van der Waals surface area contributed by atoms with Crippen LogP contribution in [0.4, 0.5) is 0 Å². The SMILES string of the molecule is CC/C=C\CCCC1CCC(/C(CCC)=C(/CCCCCC(C)C/C=C(\C)CC)CC(C)CC)CC1. The summed E-state index contributed by atoms with van der Waals surface area (Å²) in [5.41, 5.74) is 5.38. The van der Waals surface area contributed by atoms with Crippen molar-refractivity contribution in [3.05, 3.63) is 34.9 Å². The van der Waals surface area contributed by atoms with Gasteiger partial charge in [-0.1, -0.05) is 115 Å². The van der Waals surface area contributed by atoms with Crippen LogP contribution in [0.2, 0.25) is 0 Å². The van der Waals surface area contributed by atoms with Gasteiger partial charge in [-0.2, -0.15) is 0 Å². The highest BCUT2D eigenvalue weighted by Crippen LogP contribution is 2.40. The first kappa shape index (κ1) is 33.2. The van der Waals surface area contributed by atoms with Crippen molar-refractivity contribution in [1.29, 1.82) is 0 Å². The van der Waals surface area contributed by atoms with Gasteiger partial charge in [0.25, 0.3) is 0 Å². The maximum absolute atomic E-state index is 2.49. The van der Waals surface area contributed by atoms with E-state index in [2.05, 4.69) is 66.7 Å². The number of rotatable bonds is 20. The quantitative estimate of drug-likeness (QED) is 0.116. The molecular formula is C36H66. The molecule has 0 bridgehead atoms. The minimum Gasteiger partial charge on any atom is -0.0888 e. The van der Waals surface area contributed by atoms with Gasteiger partial charge in [0.1, 0.15) is 0 Å². The predicted octanol–water partition coefficient (Wildman–Crippen LogP) is 12.8. The molecule has 0 heterocycles. The summed E-state index contributed by atoms with van der Waals surface area (Å²) < 4.78 is 0. The molecule has 1 aliphatic rings. The van der Waals surface area contributed by atoms with Crippen LogP contribution < -0.4 is 0 Å². The molecule has 1 saturated carbocycles. The number of allylic oxidation sites excluding steroid dienone is 6. The summed E-state index contributed by atoms with van der Waals surface area (Å²) in [5.74, 6) is 3.58. The van der Waals surface area contributed by atoms with Crippen LogP contribution in [0.3, 0.4) is 0 Å². The molecule has 0 saturated heterocycles. The zero-order valence-electron chi connectivity index (χ0n) is 26.0. The fourth-order valence-corrected chi connectivity index (χ4v) is 6.18. The molecule has 0 N–H and O–H groups in total. The molecule has 1 aliphatic carbocycles. The molecule has 0 aromatic heterocycles. The third-order valence-corrected chi connectivity index (χ3v) is 9.09. The second-order valence-electron chi connectivity index (χ2n) is 12.5. The Morgan fingerprint density at radius 3 is 2.22 bits per heavy atom. The van der Waals surface area contributed by atoms with Gasteiger partial charge in [0.05, 0.1) is 0 Å². The van der Waals surface area contributed by atoms with Crippen LogP contribution in [0.1, 0.15) is 170 Å². The first-order valence-corrected chi connectivity index (χ1v) is 16.5. The van der Waals surface area contributed by atoms with Crippen LogP contribution in [0.25, 0.3) is 0 Å². The lowest BCUT2D eigenvalue weighted by Gasteiger charge is -2.32. The number of hydrogen-bond acceptors (Lipinski definition) is 0. The van der Waals surface area contributed by atoms with Gasteiger partial charge in [0.2, 0.25) is 0 Å². The zero-order chi connectivity index (χ0) is 26.6. The smallest absolute Gasteiger partial charge is 0.0200 e. The van der Waals surface area contributed by atoms with Crippen LogP contribution in [0.5, 0.6) is 0 Å². The standard InChI is InChI=1S/C36H66/c1-8-12-13-14-17-21-33-25-27-34(28-26-33)36(19-9-2)35(29-31(6)11-4)22-18-15-16-20-32(7)24-23-30(5)10-3/h12-13,23,31-34H,8-11,14-22,24-29H2,1-7H3/b13-12-,30-23+,36-35-. The van der Waals surface area contributed by atoms with Crippen molar-refractivity contribution in [3.63, 3.8) is 0 Å².